The number of halogens is 2. The van der Waals surface area contributed by atoms with E-state index >= 15 is 8.78 Å². The van der Waals surface area contributed by atoms with Gasteiger partial charge in [-0.2, -0.15) is 4.99 Å². The average Bonchev–Trinajstić information content (AvgIpc) is 4.21. The van der Waals surface area contributed by atoms with Crippen molar-refractivity contribution in [3.63, 3.8) is 0 Å². The number of pyridine rings is 2. The number of hydrogen-bond acceptors (Lipinski definition) is 10. The molecule has 2 aliphatic heterocycles. The monoisotopic (exact) mass is 882 g/mol. The lowest BCUT2D eigenvalue weighted by Crippen LogP contribution is -2.51. The van der Waals surface area contributed by atoms with Crippen LogP contribution in [0.2, 0.25) is 0 Å². The largest absolute Gasteiger partial charge is 0.477 e. The van der Waals surface area contributed by atoms with Crippen molar-refractivity contribution in [1.29, 1.82) is 10.8 Å². The molecule has 2 aromatic carbocycles. The van der Waals surface area contributed by atoms with E-state index in [0.717, 1.165) is 32.1 Å². The lowest BCUT2D eigenvalue weighted by atomic mass is 9.98. The van der Waals surface area contributed by atoms with E-state index in [1.54, 1.807) is 22.9 Å². The van der Waals surface area contributed by atoms with Crippen molar-refractivity contribution >= 4 is 74.0 Å². The van der Waals surface area contributed by atoms with Crippen molar-refractivity contribution < 1.29 is 18.7 Å². The Hall–Kier alpha value is -6.73. The van der Waals surface area contributed by atoms with Crippen LogP contribution in [0.15, 0.2) is 50.2 Å². The van der Waals surface area contributed by atoms with Crippen molar-refractivity contribution in [1.82, 2.24) is 18.9 Å². The second-order valence-electron chi connectivity index (χ2n) is 17.5. The van der Waals surface area contributed by atoms with E-state index in [0.29, 0.717) is 100 Å². The molecule has 2 saturated carbocycles. The maximum Gasteiger partial charge on any atom is 0.341 e. The fourth-order valence-corrected chi connectivity index (χ4v) is 8.84. The molecule has 2 aromatic heterocycles. The molecule has 340 valence electrons. The third-order valence-corrected chi connectivity index (χ3v) is 13.0. The highest BCUT2D eigenvalue weighted by atomic mass is 19.1. The van der Waals surface area contributed by atoms with E-state index < -0.39 is 28.6 Å². The van der Waals surface area contributed by atoms with Gasteiger partial charge in [-0.25, -0.2) is 13.6 Å². The first-order valence-electron chi connectivity index (χ1n) is 21.9. The average molecular weight is 883 g/mol. The number of carboxylic acid groups (broad SMARTS) is 1. The molecule has 0 spiro atoms. The van der Waals surface area contributed by atoms with Crippen LogP contribution in [-0.2, 0) is 0 Å². The molecule has 11 N–H and O–H groups in total. The molecule has 1 unspecified atom stereocenters. The van der Waals surface area contributed by atoms with Crippen LogP contribution in [0.4, 0.5) is 31.5 Å². The second kappa shape index (κ2) is 17.8. The molecular formula is C44H56F2N14O4. The van der Waals surface area contributed by atoms with Gasteiger partial charge < -0.3 is 62.2 Å². The highest BCUT2D eigenvalue weighted by Crippen LogP contribution is 2.41. The minimum atomic E-state index is -1.39. The normalized spacial score (nSPS) is 18.0. The van der Waals surface area contributed by atoms with Crippen LogP contribution in [0.25, 0.3) is 21.8 Å². The molecule has 8 rings (SSSR count). The van der Waals surface area contributed by atoms with Gasteiger partial charge in [0.1, 0.15) is 11.4 Å². The number of nitrogen functional groups attached to an aromatic ring is 2. The number of anilines is 4. The molecule has 64 heavy (non-hydrogen) atoms. The van der Waals surface area contributed by atoms with E-state index in [-0.39, 0.29) is 69.6 Å². The standard InChI is InChI=1S/C44H56F2N14O4/c1-24(2-3-25(47)20-34(48)57-16-12-55(13-17-57)31-21-29-35(39(49)37(31)45)33(61)9-11-59(29)26-4-5-26)8-10-53-43(51)54-44(52)58-18-14-56(15-19-58)32-22-30-36(40(50)38(32)46)41(62)28(42(63)64)23-60(30)27-6-7-27/h9,11,21-24,26-27,47-48H,2-8,10,12-20,49-50H2,1H3,(H,63,64)(H4,51,52,53,54). The summed E-state index contributed by atoms with van der Waals surface area (Å²) in [6.45, 7) is 5.97. The summed E-state index contributed by atoms with van der Waals surface area (Å²) in [6, 6.07) is 5.07. The number of nitrogens with zero attached hydrogens (tertiary/aromatic N) is 8. The van der Waals surface area contributed by atoms with Gasteiger partial charge in [0.05, 0.1) is 44.6 Å². The van der Waals surface area contributed by atoms with Gasteiger partial charge in [-0.1, -0.05) is 6.92 Å². The van der Waals surface area contributed by atoms with Gasteiger partial charge in [0, 0.05) is 102 Å². The summed E-state index contributed by atoms with van der Waals surface area (Å²) in [5.74, 6) is -1.95. The van der Waals surface area contributed by atoms with Gasteiger partial charge in [0.15, 0.2) is 23.0 Å². The van der Waals surface area contributed by atoms with Crippen LogP contribution >= 0.6 is 0 Å². The van der Waals surface area contributed by atoms with E-state index in [4.69, 9.17) is 33.8 Å². The summed E-state index contributed by atoms with van der Waals surface area (Å²) < 4.78 is 35.0. The number of aliphatic imine (C=N–C) groups is 2. The zero-order valence-electron chi connectivity index (χ0n) is 36.0. The molecule has 4 fully saturated rings. The quantitative estimate of drug-likeness (QED) is 0.0573. The molecule has 1 atom stereocenters. The minimum absolute atomic E-state index is 0.0148. The number of rotatable bonds is 13. The van der Waals surface area contributed by atoms with Crippen LogP contribution in [0.1, 0.15) is 80.7 Å². The molecule has 4 aromatic rings. The molecule has 0 bridgehead atoms. The fourth-order valence-electron chi connectivity index (χ4n) is 8.84. The number of benzene rings is 2. The number of piperazine rings is 2. The zero-order valence-corrected chi connectivity index (χ0v) is 36.0. The summed E-state index contributed by atoms with van der Waals surface area (Å²) in [6.07, 6.45) is 8.95. The van der Waals surface area contributed by atoms with Gasteiger partial charge in [-0.15, -0.1) is 0 Å². The molecular weight excluding hydrogens is 827 g/mol. The number of carbonyl (C=O) groups is 1. The topological polar surface area (TPSA) is 271 Å². The molecule has 0 radical (unpaired) electrons. The molecule has 4 heterocycles. The Labute approximate surface area is 367 Å². The van der Waals surface area contributed by atoms with Crippen LogP contribution in [0.3, 0.4) is 0 Å². The van der Waals surface area contributed by atoms with Crippen molar-refractivity contribution in [3.05, 3.63) is 68.2 Å². The van der Waals surface area contributed by atoms with E-state index in [1.807, 2.05) is 24.2 Å². The molecule has 4 aliphatic rings. The summed E-state index contributed by atoms with van der Waals surface area (Å²) in [7, 11) is 0. The lowest BCUT2D eigenvalue weighted by molar-refractivity contribution is 0.0694. The van der Waals surface area contributed by atoms with Gasteiger partial charge >= 0.3 is 5.97 Å². The first-order valence-corrected chi connectivity index (χ1v) is 21.9. The second-order valence-corrected chi connectivity index (χ2v) is 17.5. The number of nitrogens with two attached hydrogens (primary N) is 4. The molecule has 2 aliphatic carbocycles. The number of amidine groups is 1. The number of nitrogens with one attached hydrogen (secondary N) is 2. The number of aromatic carboxylic acids is 1. The predicted octanol–water partition coefficient (Wildman–Crippen LogP) is 3.89. The smallest absolute Gasteiger partial charge is 0.341 e. The Morgan fingerprint density at radius 2 is 1.38 bits per heavy atom. The summed E-state index contributed by atoms with van der Waals surface area (Å²) in [5.41, 5.74) is 24.9. The van der Waals surface area contributed by atoms with Gasteiger partial charge in [-0.3, -0.25) is 20.0 Å². The number of aromatic nitrogens is 2. The number of hydrogen-bond donors (Lipinski definition) is 7. The number of carboxylic acids is 1. The zero-order chi connectivity index (χ0) is 45.6. The SMILES string of the molecule is CC(CCN=C(N)N=C(N)N1CCN(c2cc3c(c(N)c2F)c(=O)c(C(=O)O)cn3C2CC2)CC1)CCC(=N)CC(=N)N1CCN(c2cc3c(c(N)c2F)c(=O)ccn3C2CC2)CC1. The molecule has 2 saturated heterocycles. The Morgan fingerprint density at radius 3 is 1.95 bits per heavy atom. The van der Waals surface area contributed by atoms with Gasteiger partial charge in [-0.05, 0) is 63.0 Å². The van der Waals surface area contributed by atoms with Crippen molar-refractivity contribution in [2.24, 2.45) is 27.4 Å². The summed E-state index contributed by atoms with van der Waals surface area (Å²) >= 11 is 0. The Morgan fingerprint density at radius 1 is 0.828 bits per heavy atom. The first kappa shape index (κ1) is 43.9. The van der Waals surface area contributed by atoms with Crippen molar-refractivity contribution in [2.75, 3.05) is 80.2 Å². The fraction of sp³-hybridized carbons (Fsp3) is 0.477. The first-order chi connectivity index (χ1) is 30.6. The third-order valence-electron chi connectivity index (χ3n) is 13.0. The van der Waals surface area contributed by atoms with E-state index in [1.165, 1.54) is 12.3 Å². The lowest BCUT2D eigenvalue weighted by Gasteiger charge is -2.37. The van der Waals surface area contributed by atoms with E-state index in [2.05, 4.69) is 16.9 Å². The Kier molecular flexibility index (Phi) is 12.2. The van der Waals surface area contributed by atoms with Crippen molar-refractivity contribution in [3.8, 4) is 0 Å². The molecule has 18 nitrogen and oxygen atoms in total. The van der Waals surface area contributed by atoms with Crippen LogP contribution in [0, 0.1) is 28.4 Å². The Balaban J connectivity index is 0.775. The highest BCUT2D eigenvalue weighted by Gasteiger charge is 2.32. The van der Waals surface area contributed by atoms with Gasteiger partial charge in [0.2, 0.25) is 11.4 Å². The summed E-state index contributed by atoms with van der Waals surface area (Å²) in [5, 5.41) is 27.0. The minimum Gasteiger partial charge on any atom is -0.477 e. The maximum absolute atomic E-state index is 15.7. The van der Waals surface area contributed by atoms with Gasteiger partial charge in [0.25, 0.3) is 0 Å². The highest BCUT2D eigenvalue weighted by molar-refractivity contribution is 6.01. The van der Waals surface area contributed by atoms with E-state index in [9.17, 15) is 19.5 Å². The molecule has 0 amide bonds. The summed E-state index contributed by atoms with van der Waals surface area (Å²) in [4.78, 5) is 53.6. The number of guanidine groups is 2. The predicted molar refractivity (Wildman–Crippen MR) is 247 cm³/mol. The number of fused-ring (bicyclic) bond motifs is 2. The Bertz CT molecular complexity index is 2710. The van der Waals surface area contributed by atoms with Crippen LogP contribution in [-0.4, -0.2) is 112 Å². The van der Waals surface area contributed by atoms with Crippen LogP contribution < -0.4 is 43.6 Å². The maximum atomic E-state index is 15.7. The van der Waals surface area contributed by atoms with Crippen molar-refractivity contribution in [2.45, 2.75) is 70.4 Å². The van der Waals surface area contributed by atoms with Crippen LogP contribution in [0.5, 0.6) is 0 Å². The third kappa shape index (κ3) is 8.90. The molecule has 20 heteroatoms.